The van der Waals surface area contributed by atoms with Crippen molar-refractivity contribution in [1.82, 2.24) is 20.5 Å². The third-order valence-corrected chi connectivity index (χ3v) is 3.19. The van der Waals surface area contributed by atoms with Gasteiger partial charge in [0.05, 0.1) is 0 Å². The quantitative estimate of drug-likeness (QED) is 0.699. The van der Waals surface area contributed by atoms with Crippen molar-refractivity contribution in [1.29, 1.82) is 0 Å². The van der Waals surface area contributed by atoms with Gasteiger partial charge in [0.1, 0.15) is 5.82 Å². The van der Waals surface area contributed by atoms with Crippen LogP contribution in [0.25, 0.3) is 0 Å². The van der Waals surface area contributed by atoms with E-state index in [1.807, 2.05) is 13.8 Å². The maximum Gasteiger partial charge on any atom is 0.290 e. The Bertz CT molecular complexity index is 423. The van der Waals surface area contributed by atoms with E-state index in [1.54, 1.807) is 0 Å². The van der Waals surface area contributed by atoms with Gasteiger partial charge >= 0.3 is 0 Å². The average molecular weight is 252 g/mol. The molecule has 6 nitrogen and oxygen atoms in total. The zero-order chi connectivity index (χ0) is 13.2. The molecule has 0 saturated heterocycles. The largest absolute Gasteiger partial charge is 0.396 e. The lowest BCUT2D eigenvalue weighted by Gasteiger charge is -2.23. The number of H-pyrrole nitrogens is 1. The molecule has 0 bridgehead atoms. The zero-order valence-corrected chi connectivity index (χ0v) is 10.9. The van der Waals surface area contributed by atoms with Gasteiger partial charge in [0, 0.05) is 19.1 Å². The molecule has 0 radical (unpaired) electrons. The molecule has 1 amide bonds. The van der Waals surface area contributed by atoms with E-state index in [4.69, 9.17) is 5.11 Å². The first-order chi connectivity index (χ1) is 8.52. The number of hydrogen-bond acceptors (Lipinski definition) is 4. The summed E-state index contributed by atoms with van der Waals surface area (Å²) >= 11 is 0. The number of aliphatic hydroxyl groups is 1. The molecule has 6 heteroatoms. The summed E-state index contributed by atoms with van der Waals surface area (Å²) in [4.78, 5) is 16.0. The first-order valence-corrected chi connectivity index (χ1v) is 6.33. The maximum atomic E-state index is 11.8. The summed E-state index contributed by atoms with van der Waals surface area (Å²) in [6.45, 7) is 4.61. The highest BCUT2D eigenvalue weighted by Crippen LogP contribution is 2.37. The smallest absolute Gasteiger partial charge is 0.290 e. The Morgan fingerprint density at radius 3 is 2.89 bits per heavy atom. The fraction of sp³-hybridized carbons (Fsp3) is 0.750. The topological polar surface area (TPSA) is 90.9 Å². The highest BCUT2D eigenvalue weighted by Gasteiger charge is 2.28. The summed E-state index contributed by atoms with van der Waals surface area (Å²) in [6.07, 6.45) is 2.90. The molecule has 100 valence electrons. The third-order valence-electron chi connectivity index (χ3n) is 3.19. The van der Waals surface area contributed by atoms with Gasteiger partial charge in [0.25, 0.3) is 5.91 Å². The van der Waals surface area contributed by atoms with Gasteiger partial charge in [-0.1, -0.05) is 13.8 Å². The molecule has 0 aliphatic heterocycles. The number of hydrogen-bond donors (Lipinski definition) is 3. The van der Waals surface area contributed by atoms with Gasteiger partial charge in [-0.3, -0.25) is 9.89 Å². The van der Waals surface area contributed by atoms with Crippen molar-refractivity contribution in [3.05, 3.63) is 11.6 Å². The number of aromatic amines is 1. The monoisotopic (exact) mass is 252 g/mol. The molecule has 0 aromatic carbocycles. The van der Waals surface area contributed by atoms with E-state index in [0.29, 0.717) is 18.9 Å². The van der Waals surface area contributed by atoms with E-state index in [-0.39, 0.29) is 23.8 Å². The molecular weight excluding hydrogens is 232 g/mol. The Hall–Kier alpha value is -1.43. The Morgan fingerprint density at radius 1 is 1.56 bits per heavy atom. The highest BCUT2D eigenvalue weighted by atomic mass is 16.3. The van der Waals surface area contributed by atoms with E-state index in [0.717, 1.165) is 18.7 Å². The minimum Gasteiger partial charge on any atom is -0.396 e. The molecule has 18 heavy (non-hydrogen) atoms. The Labute approximate surface area is 106 Å². The van der Waals surface area contributed by atoms with Gasteiger partial charge in [-0.05, 0) is 24.7 Å². The summed E-state index contributed by atoms with van der Waals surface area (Å²) < 4.78 is 0. The third kappa shape index (κ3) is 3.29. The van der Waals surface area contributed by atoms with Crippen molar-refractivity contribution in [3.8, 4) is 0 Å². The van der Waals surface area contributed by atoms with Gasteiger partial charge in [0.15, 0.2) is 0 Å². The lowest BCUT2D eigenvalue weighted by Crippen LogP contribution is -2.35. The number of rotatable bonds is 6. The van der Waals surface area contributed by atoms with Crippen LogP contribution < -0.4 is 5.32 Å². The van der Waals surface area contributed by atoms with Crippen molar-refractivity contribution in [2.75, 3.05) is 13.2 Å². The van der Waals surface area contributed by atoms with Crippen LogP contribution in [0.1, 0.15) is 55.5 Å². The van der Waals surface area contributed by atoms with Crippen LogP contribution in [0.15, 0.2) is 0 Å². The van der Waals surface area contributed by atoms with Crippen molar-refractivity contribution >= 4 is 5.91 Å². The lowest BCUT2D eigenvalue weighted by molar-refractivity contribution is 0.0918. The molecule has 1 saturated carbocycles. The van der Waals surface area contributed by atoms with Crippen molar-refractivity contribution in [3.63, 3.8) is 0 Å². The first kappa shape index (κ1) is 13.0. The van der Waals surface area contributed by atoms with Gasteiger partial charge in [-0.25, -0.2) is 4.98 Å². The highest BCUT2D eigenvalue weighted by molar-refractivity contribution is 5.90. The predicted octanol–water partition coefficient (Wildman–Crippen LogP) is 0.820. The van der Waals surface area contributed by atoms with E-state index < -0.39 is 0 Å². The SMILES string of the molecule is CC(C)(CCO)CNC(=O)c1n[nH]c(C2CC2)n1. The molecule has 1 aliphatic carbocycles. The van der Waals surface area contributed by atoms with E-state index in [1.165, 1.54) is 0 Å². The molecule has 1 aromatic rings. The summed E-state index contributed by atoms with van der Waals surface area (Å²) in [6, 6.07) is 0. The maximum absolute atomic E-state index is 11.8. The minimum atomic E-state index is -0.260. The van der Waals surface area contributed by atoms with Crippen LogP contribution in [0.3, 0.4) is 0 Å². The molecule has 3 N–H and O–H groups in total. The predicted molar refractivity (Wildman–Crippen MR) is 66.2 cm³/mol. The zero-order valence-electron chi connectivity index (χ0n) is 10.9. The molecule has 1 heterocycles. The lowest BCUT2D eigenvalue weighted by atomic mass is 9.90. The van der Waals surface area contributed by atoms with Crippen LogP contribution >= 0.6 is 0 Å². The molecule has 0 unspecified atom stereocenters. The van der Waals surface area contributed by atoms with Crippen LogP contribution in [0.4, 0.5) is 0 Å². The minimum absolute atomic E-state index is 0.120. The molecular formula is C12H20N4O2. The van der Waals surface area contributed by atoms with Crippen LogP contribution in [0.2, 0.25) is 0 Å². The summed E-state index contributed by atoms with van der Waals surface area (Å²) in [5.74, 6) is 1.22. The second-order valence-electron chi connectivity index (χ2n) is 5.64. The van der Waals surface area contributed by atoms with Crippen LogP contribution in [-0.2, 0) is 0 Å². The number of aliphatic hydroxyl groups excluding tert-OH is 1. The number of amides is 1. The molecule has 0 spiro atoms. The number of nitrogens with zero attached hydrogens (tertiary/aromatic N) is 2. The molecule has 1 fully saturated rings. The van der Waals surface area contributed by atoms with Gasteiger partial charge in [-0.2, -0.15) is 0 Å². The van der Waals surface area contributed by atoms with Gasteiger partial charge in [0.2, 0.25) is 5.82 Å². The second kappa shape index (κ2) is 5.06. The van der Waals surface area contributed by atoms with Crippen LogP contribution in [0.5, 0.6) is 0 Å². The van der Waals surface area contributed by atoms with Crippen molar-refractivity contribution in [2.24, 2.45) is 5.41 Å². The number of nitrogens with one attached hydrogen (secondary N) is 2. The number of carbonyl (C=O) groups excluding carboxylic acids is 1. The number of aromatic nitrogens is 3. The van der Waals surface area contributed by atoms with Crippen molar-refractivity contribution in [2.45, 2.75) is 39.0 Å². The Morgan fingerprint density at radius 2 is 2.28 bits per heavy atom. The van der Waals surface area contributed by atoms with Crippen molar-refractivity contribution < 1.29 is 9.90 Å². The standard InChI is InChI=1S/C12H20N4O2/c1-12(2,5-6-17)7-13-11(18)10-14-9(15-16-10)8-3-4-8/h8,17H,3-7H2,1-2H3,(H,13,18)(H,14,15,16). The van der Waals surface area contributed by atoms with Crippen LogP contribution in [0, 0.1) is 5.41 Å². The second-order valence-corrected chi connectivity index (χ2v) is 5.64. The van der Waals surface area contributed by atoms with Crippen LogP contribution in [-0.4, -0.2) is 39.3 Å². The Balaban J connectivity index is 1.86. The molecule has 1 aliphatic rings. The summed E-state index contributed by atoms with van der Waals surface area (Å²) in [5, 5.41) is 18.5. The first-order valence-electron chi connectivity index (χ1n) is 6.33. The molecule has 1 aromatic heterocycles. The molecule has 2 rings (SSSR count). The summed E-state index contributed by atoms with van der Waals surface area (Å²) in [7, 11) is 0. The molecule has 0 atom stereocenters. The van der Waals surface area contributed by atoms with E-state index in [9.17, 15) is 4.79 Å². The average Bonchev–Trinajstić information content (AvgIpc) is 3.04. The fourth-order valence-corrected chi connectivity index (χ4v) is 1.70. The van der Waals surface area contributed by atoms with E-state index >= 15 is 0 Å². The van der Waals surface area contributed by atoms with Gasteiger partial charge < -0.3 is 10.4 Å². The van der Waals surface area contributed by atoms with Gasteiger partial charge in [-0.15, -0.1) is 5.10 Å². The summed E-state index contributed by atoms with van der Waals surface area (Å²) in [5.41, 5.74) is -0.125. The van der Waals surface area contributed by atoms with E-state index in [2.05, 4.69) is 20.5 Å². The Kier molecular flexibility index (Phi) is 3.65. The number of carbonyl (C=O) groups is 1. The fourth-order valence-electron chi connectivity index (χ4n) is 1.70. The normalized spacial score (nSPS) is 15.7.